The van der Waals surface area contributed by atoms with E-state index >= 15 is 0 Å². The van der Waals surface area contributed by atoms with Crippen molar-refractivity contribution in [3.8, 4) is 6.07 Å². The fourth-order valence-electron chi connectivity index (χ4n) is 1.56. The van der Waals surface area contributed by atoms with Crippen LogP contribution in [-0.2, 0) is 10.0 Å². The van der Waals surface area contributed by atoms with Crippen LogP contribution in [0.15, 0.2) is 29.2 Å². The second-order valence-electron chi connectivity index (χ2n) is 4.69. The smallest absolute Gasteiger partial charge is 0.205 e. The predicted octanol–water partition coefficient (Wildman–Crippen LogP) is 2.87. The zero-order chi connectivity index (χ0) is 14.5. The molecule has 0 aromatic heterocycles. The van der Waals surface area contributed by atoms with E-state index in [1.54, 1.807) is 0 Å². The van der Waals surface area contributed by atoms with Crippen LogP contribution in [0.2, 0.25) is 0 Å². The number of hydrogen-bond donors (Lipinski definition) is 0. The van der Waals surface area contributed by atoms with Gasteiger partial charge in [-0.05, 0) is 47.6 Å². The summed E-state index contributed by atoms with van der Waals surface area (Å²) in [5, 5.41) is 8.62. The van der Waals surface area contributed by atoms with Crippen molar-refractivity contribution in [1.29, 1.82) is 5.26 Å². The summed E-state index contributed by atoms with van der Waals surface area (Å²) >= 11 is 0. The lowest BCUT2D eigenvalue weighted by Gasteiger charge is -2.13. The van der Waals surface area contributed by atoms with Crippen LogP contribution >= 0.6 is 0 Å². The Morgan fingerprint density at radius 2 is 1.89 bits per heavy atom. The number of benzene rings is 1. The van der Waals surface area contributed by atoms with Crippen LogP contribution in [0.3, 0.4) is 0 Å². The quantitative estimate of drug-likeness (QED) is 0.755. The van der Waals surface area contributed by atoms with Gasteiger partial charge in [-0.2, -0.15) is 5.26 Å². The minimum Gasteiger partial charge on any atom is -0.205 e. The van der Waals surface area contributed by atoms with Gasteiger partial charge in [-0.15, -0.1) is 4.48 Å². The number of halogens is 1. The zero-order valence-electron chi connectivity index (χ0n) is 11.0. The summed E-state index contributed by atoms with van der Waals surface area (Å²) < 4.78 is 37.3. The van der Waals surface area contributed by atoms with E-state index in [0.29, 0.717) is 17.9 Å². The maximum absolute atomic E-state index is 13.7. The van der Waals surface area contributed by atoms with Gasteiger partial charge in [0, 0.05) is 6.54 Å². The highest BCUT2D eigenvalue weighted by Gasteiger charge is 2.24. The summed E-state index contributed by atoms with van der Waals surface area (Å²) in [6.07, 6.45) is 1.24. The molecule has 1 aromatic rings. The Hall–Kier alpha value is -1.45. The van der Waals surface area contributed by atoms with Crippen molar-refractivity contribution < 1.29 is 12.9 Å². The molecule has 0 N–H and O–H groups in total. The highest BCUT2D eigenvalue weighted by molar-refractivity contribution is 7.89. The van der Waals surface area contributed by atoms with Crippen molar-refractivity contribution in [2.45, 2.75) is 31.6 Å². The Bertz CT molecular complexity index is 547. The van der Waals surface area contributed by atoms with Crippen molar-refractivity contribution in [2.24, 2.45) is 5.92 Å². The fourth-order valence-corrected chi connectivity index (χ4v) is 2.64. The third-order valence-electron chi connectivity index (χ3n) is 2.66. The van der Waals surface area contributed by atoms with Gasteiger partial charge in [-0.1, -0.05) is 13.8 Å². The molecule has 0 aliphatic rings. The molecular weight excluding hydrogens is 267 g/mol. The highest BCUT2D eigenvalue weighted by atomic mass is 32.2. The number of hydrogen-bond acceptors (Lipinski definition) is 3. The molecule has 0 amide bonds. The van der Waals surface area contributed by atoms with Crippen LogP contribution in [0, 0.1) is 17.2 Å². The Balaban J connectivity index is 2.76. The average Bonchev–Trinajstić information content (AvgIpc) is 2.38. The van der Waals surface area contributed by atoms with Crippen molar-refractivity contribution >= 4 is 10.0 Å². The lowest BCUT2D eigenvalue weighted by atomic mass is 10.1. The van der Waals surface area contributed by atoms with Gasteiger partial charge in [-0.3, -0.25) is 0 Å². The zero-order valence-corrected chi connectivity index (χ0v) is 11.8. The molecule has 1 rings (SSSR count). The fraction of sp³-hybridized carbons (Fsp3) is 0.462. The van der Waals surface area contributed by atoms with Gasteiger partial charge in [-0.25, -0.2) is 8.42 Å². The molecule has 6 heteroatoms. The number of nitriles is 1. The van der Waals surface area contributed by atoms with Crippen LogP contribution in [0.1, 0.15) is 32.3 Å². The van der Waals surface area contributed by atoms with Crippen LogP contribution in [0.25, 0.3) is 0 Å². The van der Waals surface area contributed by atoms with Gasteiger partial charge in [0.05, 0.1) is 16.5 Å². The summed E-state index contributed by atoms with van der Waals surface area (Å²) in [5.41, 5.74) is 0.337. The van der Waals surface area contributed by atoms with Crippen molar-refractivity contribution in [3.05, 3.63) is 29.8 Å². The molecule has 0 aliphatic heterocycles. The second-order valence-corrected chi connectivity index (χ2v) is 6.51. The first kappa shape index (κ1) is 15.6. The van der Waals surface area contributed by atoms with E-state index in [-0.39, 0.29) is 16.0 Å². The number of sulfonamides is 1. The maximum Gasteiger partial charge on any atom is 0.269 e. The minimum atomic E-state index is -4.10. The first-order valence-corrected chi connectivity index (χ1v) is 7.50. The van der Waals surface area contributed by atoms with Crippen LogP contribution in [0.5, 0.6) is 0 Å². The van der Waals surface area contributed by atoms with E-state index in [1.807, 2.05) is 19.9 Å². The molecule has 0 bridgehead atoms. The molecule has 0 radical (unpaired) electrons. The Labute approximate surface area is 113 Å². The molecule has 0 aliphatic carbocycles. The third kappa shape index (κ3) is 4.30. The molecular formula is C13H17FN2O2S. The minimum absolute atomic E-state index is 0.128. The molecule has 0 fully saturated rings. The lowest BCUT2D eigenvalue weighted by Crippen LogP contribution is -2.24. The van der Waals surface area contributed by atoms with E-state index in [1.165, 1.54) is 24.3 Å². The average molecular weight is 284 g/mol. The van der Waals surface area contributed by atoms with Gasteiger partial charge >= 0.3 is 0 Å². The normalized spacial score (nSPS) is 11.8. The number of nitrogens with zero attached hydrogens (tertiary/aromatic N) is 2. The topological polar surface area (TPSA) is 61.2 Å². The summed E-state index contributed by atoms with van der Waals surface area (Å²) in [6, 6.07) is 7.07. The van der Waals surface area contributed by atoms with E-state index in [2.05, 4.69) is 0 Å². The Morgan fingerprint density at radius 3 is 2.37 bits per heavy atom. The van der Waals surface area contributed by atoms with Crippen LogP contribution in [0.4, 0.5) is 4.48 Å². The van der Waals surface area contributed by atoms with Gasteiger partial charge in [0.2, 0.25) is 0 Å². The van der Waals surface area contributed by atoms with Crippen molar-refractivity contribution in [1.82, 2.24) is 4.53 Å². The summed E-state index contributed by atoms with van der Waals surface area (Å²) in [4.78, 5) is -0.140. The van der Waals surface area contributed by atoms with E-state index in [0.717, 1.165) is 6.42 Å². The molecule has 104 valence electrons. The molecule has 0 unspecified atom stereocenters. The molecule has 0 atom stereocenters. The Kier molecular flexibility index (Phi) is 5.45. The first-order chi connectivity index (χ1) is 8.87. The molecule has 1 aromatic carbocycles. The molecule has 0 spiro atoms. The number of rotatable bonds is 6. The summed E-state index contributed by atoms with van der Waals surface area (Å²) in [5.74, 6) is 0.408. The van der Waals surface area contributed by atoms with Gasteiger partial charge in [0.25, 0.3) is 10.0 Å². The first-order valence-electron chi connectivity index (χ1n) is 6.06. The Morgan fingerprint density at radius 1 is 1.32 bits per heavy atom. The van der Waals surface area contributed by atoms with E-state index in [4.69, 9.17) is 5.26 Å². The summed E-state index contributed by atoms with van der Waals surface area (Å²) in [7, 11) is -4.10. The standard InChI is InChI=1S/C13H17FN2O2S/c1-11(2)4-3-9-16(14)19(17,18)13-7-5-12(10-15)6-8-13/h5-8,11H,3-4,9H2,1-2H3. The van der Waals surface area contributed by atoms with Gasteiger partial charge in [0.1, 0.15) is 0 Å². The molecule has 0 saturated heterocycles. The molecule has 0 heterocycles. The third-order valence-corrected chi connectivity index (χ3v) is 4.23. The van der Waals surface area contributed by atoms with E-state index < -0.39 is 10.0 Å². The van der Waals surface area contributed by atoms with Gasteiger partial charge in [0.15, 0.2) is 0 Å². The highest BCUT2D eigenvalue weighted by Crippen LogP contribution is 2.18. The maximum atomic E-state index is 13.7. The monoisotopic (exact) mass is 284 g/mol. The largest absolute Gasteiger partial charge is 0.269 e. The van der Waals surface area contributed by atoms with Crippen LogP contribution in [-0.4, -0.2) is 19.5 Å². The lowest BCUT2D eigenvalue weighted by molar-refractivity contribution is 0.134. The van der Waals surface area contributed by atoms with Gasteiger partial charge < -0.3 is 0 Å². The van der Waals surface area contributed by atoms with Crippen LogP contribution < -0.4 is 0 Å². The van der Waals surface area contributed by atoms with Crippen molar-refractivity contribution in [3.63, 3.8) is 0 Å². The molecule has 4 nitrogen and oxygen atoms in total. The van der Waals surface area contributed by atoms with Crippen molar-refractivity contribution in [2.75, 3.05) is 6.54 Å². The molecule has 0 saturated carbocycles. The van der Waals surface area contributed by atoms with E-state index in [9.17, 15) is 12.9 Å². The molecule has 19 heavy (non-hydrogen) atoms. The summed E-state index contributed by atoms with van der Waals surface area (Å²) in [6.45, 7) is 3.84. The SMILES string of the molecule is CC(C)CCCN(F)S(=O)(=O)c1ccc(C#N)cc1. The second kappa shape index (κ2) is 6.64. The predicted molar refractivity (Wildman–Crippen MR) is 70.2 cm³/mol.